The Bertz CT molecular complexity index is 306. The SMILES string of the molecule is CSC(=O)OC1/C=C/C(O)CC2OCOC2C1. The molecule has 2 rings (SSSR count). The molecule has 2 aliphatic rings. The first-order valence-corrected chi connectivity index (χ1v) is 6.75. The number of carbonyl (C=O) groups is 1. The summed E-state index contributed by atoms with van der Waals surface area (Å²) in [6.45, 7) is 0.241. The van der Waals surface area contributed by atoms with Crippen molar-refractivity contribution >= 4 is 17.1 Å². The van der Waals surface area contributed by atoms with Crippen molar-refractivity contribution in [2.45, 2.75) is 37.3 Å². The Morgan fingerprint density at radius 1 is 1.35 bits per heavy atom. The molecule has 1 aliphatic heterocycles. The second kappa shape index (κ2) is 5.86. The van der Waals surface area contributed by atoms with Crippen LogP contribution in [0.5, 0.6) is 0 Å². The van der Waals surface area contributed by atoms with Crippen LogP contribution in [0.4, 0.5) is 4.79 Å². The molecule has 96 valence electrons. The topological polar surface area (TPSA) is 65.0 Å². The third kappa shape index (κ3) is 3.45. The number of aliphatic hydroxyl groups is 1. The van der Waals surface area contributed by atoms with E-state index in [9.17, 15) is 9.90 Å². The standard InChI is InChI=1S/C11H16O5S/c1-17-11(13)16-8-3-2-7(12)4-9-10(5-8)15-6-14-9/h2-3,7-10,12H,4-6H2,1H3/b3-2+. The van der Waals surface area contributed by atoms with Gasteiger partial charge in [0.25, 0.3) is 0 Å². The van der Waals surface area contributed by atoms with Gasteiger partial charge in [0.1, 0.15) is 12.9 Å². The molecule has 1 N–H and O–H groups in total. The molecule has 5 nitrogen and oxygen atoms in total. The van der Waals surface area contributed by atoms with Gasteiger partial charge < -0.3 is 19.3 Å². The number of aliphatic hydroxyl groups excluding tert-OH is 1. The van der Waals surface area contributed by atoms with E-state index in [2.05, 4.69) is 0 Å². The highest BCUT2D eigenvalue weighted by Gasteiger charge is 2.34. The van der Waals surface area contributed by atoms with Crippen molar-refractivity contribution in [3.05, 3.63) is 12.2 Å². The van der Waals surface area contributed by atoms with E-state index in [0.717, 1.165) is 11.8 Å². The molecule has 0 aromatic carbocycles. The second-order valence-corrected chi connectivity index (χ2v) is 4.80. The van der Waals surface area contributed by atoms with Gasteiger partial charge in [-0.15, -0.1) is 0 Å². The van der Waals surface area contributed by atoms with Gasteiger partial charge in [0, 0.05) is 12.8 Å². The van der Waals surface area contributed by atoms with Gasteiger partial charge in [-0.3, -0.25) is 0 Å². The zero-order valence-electron chi connectivity index (χ0n) is 9.57. The van der Waals surface area contributed by atoms with E-state index in [-0.39, 0.29) is 30.4 Å². The van der Waals surface area contributed by atoms with Crippen LogP contribution < -0.4 is 0 Å². The summed E-state index contributed by atoms with van der Waals surface area (Å²) in [5, 5.41) is 9.37. The third-order valence-electron chi connectivity index (χ3n) is 2.88. The predicted octanol–water partition coefficient (Wildman–Crippen LogP) is 1.31. The van der Waals surface area contributed by atoms with Crippen molar-refractivity contribution in [3.63, 3.8) is 0 Å². The fourth-order valence-electron chi connectivity index (χ4n) is 2.00. The quantitative estimate of drug-likeness (QED) is 0.566. The summed E-state index contributed by atoms with van der Waals surface area (Å²) < 4.78 is 16.0. The van der Waals surface area contributed by atoms with Crippen LogP contribution >= 0.6 is 11.8 Å². The molecule has 0 saturated carbocycles. The average molecular weight is 260 g/mol. The van der Waals surface area contributed by atoms with Gasteiger partial charge in [0.15, 0.2) is 0 Å². The molecule has 17 heavy (non-hydrogen) atoms. The zero-order valence-corrected chi connectivity index (χ0v) is 10.4. The maximum atomic E-state index is 11.2. The van der Waals surface area contributed by atoms with Gasteiger partial charge in [-0.25, -0.2) is 4.79 Å². The fraction of sp³-hybridized carbons (Fsp3) is 0.727. The Labute approximate surface area is 104 Å². The summed E-state index contributed by atoms with van der Waals surface area (Å²) in [6.07, 6.45) is 4.94. The van der Waals surface area contributed by atoms with Gasteiger partial charge in [0.05, 0.1) is 18.3 Å². The van der Waals surface area contributed by atoms with Crippen LogP contribution in [0.2, 0.25) is 0 Å². The van der Waals surface area contributed by atoms with Crippen LogP contribution in [0.3, 0.4) is 0 Å². The van der Waals surface area contributed by atoms with Crippen LogP contribution in [0, 0.1) is 0 Å². The van der Waals surface area contributed by atoms with Crippen molar-refractivity contribution in [1.29, 1.82) is 0 Å². The molecule has 4 atom stereocenters. The number of hydrogen-bond acceptors (Lipinski definition) is 6. The molecule has 0 aromatic rings. The Balaban J connectivity index is 2.02. The average Bonchev–Trinajstić information content (AvgIpc) is 2.70. The van der Waals surface area contributed by atoms with E-state index in [4.69, 9.17) is 14.2 Å². The van der Waals surface area contributed by atoms with Crippen LogP contribution in [0.15, 0.2) is 12.2 Å². The van der Waals surface area contributed by atoms with Gasteiger partial charge in [-0.05, 0) is 24.1 Å². The molecule has 0 spiro atoms. The van der Waals surface area contributed by atoms with E-state index in [1.807, 2.05) is 0 Å². The fourth-order valence-corrected chi connectivity index (χ4v) is 2.22. The Morgan fingerprint density at radius 3 is 2.76 bits per heavy atom. The molecular weight excluding hydrogens is 244 g/mol. The lowest BCUT2D eigenvalue weighted by Gasteiger charge is -2.24. The summed E-state index contributed by atoms with van der Waals surface area (Å²) in [4.78, 5) is 11.2. The molecule has 0 amide bonds. The molecule has 0 aromatic heterocycles. The Kier molecular flexibility index (Phi) is 4.44. The number of carbonyl (C=O) groups excluding carboxylic acids is 1. The summed E-state index contributed by atoms with van der Waals surface area (Å²) in [5.41, 5.74) is 0. The molecule has 4 unspecified atom stereocenters. The van der Waals surface area contributed by atoms with Crippen LogP contribution in [-0.2, 0) is 14.2 Å². The molecule has 1 saturated heterocycles. The molecule has 0 bridgehead atoms. The first-order valence-electron chi connectivity index (χ1n) is 5.53. The lowest BCUT2D eigenvalue weighted by molar-refractivity contribution is 0.0286. The van der Waals surface area contributed by atoms with E-state index in [0.29, 0.717) is 12.8 Å². The molecule has 1 heterocycles. The van der Waals surface area contributed by atoms with Gasteiger partial charge in [0.2, 0.25) is 0 Å². The highest BCUT2D eigenvalue weighted by atomic mass is 32.2. The van der Waals surface area contributed by atoms with E-state index in [1.165, 1.54) is 0 Å². The minimum atomic E-state index is -0.583. The highest BCUT2D eigenvalue weighted by molar-refractivity contribution is 8.12. The highest BCUT2D eigenvalue weighted by Crippen LogP contribution is 2.26. The molecule has 6 heteroatoms. The number of hydrogen-bond donors (Lipinski definition) is 1. The number of fused-ring (bicyclic) bond motifs is 1. The molecule has 1 fully saturated rings. The summed E-state index contributed by atoms with van der Waals surface area (Å²) in [7, 11) is 0. The minimum absolute atomic E-state index is 0.116. The summed E-state index contributed by atoms with van der Waals surface area (Å²) in [5.74, 6) is 0. The van der Waals surface area contributed by atoms with E-state index in [1.54, 1.807) is 18.4 Å². The van der Waals surface area contributed by atoms with E-state index >= 15 is 0 Å². The predicted molar refractivity (Wildman–Crippen MR) is 62.8 cm³/mol. The van der Waals surface area contributed by atoms with Crippen molar-refractivity contribution in [3.8, 4) is 0 Å². The maximum Gasteiger partial charge on any atom is 0.367 e. The summed E-state index contributed by atoms with van der Waals surface area (Å²) in [6, 6.07) is 0. The smallest absolute Gasteiger partial charge is 0.367 e. The largest absolute Gasteiger partial charge is 0.450 e. The van der Waals surface area contributed by atoms with E-state index < -0.39 is 6.10 Å². The first kappa shape index (κ1) is 12.9. The Hall–Kier alpha value is -0.560. The van der Waals surface area contributed by atoms with Gasteiger partial charge >= 0.3 is 5.30 Å². The number of ether oxygens (including phenoxy) is 3. The van der Waals surface area contributed by atoms with Crippen LogP contribution in [0.25, 0.3) is 0 Å². The molecule has 0 radical (unpaired) electrons. The maximum absolute atomic E-state index is 11.2. The second-order valence-electron chi connectivity index (χ2n) is 4.06. The van der Waals surface area contributed by atoms with Gasteiger partial charge in [-0.1, -0.05) is 6.08 Å². The number of thioether (sulfide) groups is 1. The Morgan fingerprint density at radius 2 is 2.06 bits per heavy atom. The number of rotatable bonds is 1. The first-order chi connectivity index (χ1) is 8.19. The lowest BCUT2D eigenvalue weighted by atomic mass is 9.97. The third-order valence-corrected chi connectivity index (χ3v) is 3.31. The van der Waals surface area contributed by atoms with Crippen molar-refractivity contribution in [2.24, 2.45) is 0 Å². The normalized spacial score (nSPS) is 38.9. The molecule has 1 aliphatic carbocycles. The summed E-state index contributed by atoms with van der Waals surface area (Å²) >= 11 is 1.03. The van der Waals surface area contributed by atoms with Crippen molar-refractivity contribution in [1.82, 2.24) is 0 Å². The monoisotopic (exact) mass is 260 g/mol. The van der Waals surface area contributed by atoms with Crippen molar-refractivity contribution in [2.75, 3.05) is 13.0 Å². The zero-order chi connectivity index (χ0) is 12.3. The van der Waals surface area contributed by atoms with Crippen LogP contribution in [-0.4, -0.2) is 47.9 Å². The molecular formula is C11H16O5S. The van der Waals surface area contributed by atoms with Gasteiger partial charge in [-0.2, -0.15) is 0 Å². The van der Waals surface area contributed by atoms with Crippen molar-refractivity contribution < 1.29 is 24.1 Å². The van der Waals surface area contributed by atoms with Crippen LogP contribution in [0.1, 0.15) is 12.8 Å². The minimum Gasteiger partial charge on any atom is -0.450 e. The lowest BCUT2D eigenvalue weighted by Crippen LogP contribution is -2.33.